The lowest BCUT2D eigenvalue weighted by Gasteiger charge is -2.12. The van der Waals surface area contributed by atoms with Gasteiger partial charge in [0, 0.05) is 12.0 Å². The average Bonchev–Trinajstić information content (AvgIpc) is 2.87. The van der Waals surface area contributed by atoms with E-state index < -0.39 is 6.10 Å². The van der Waals surface area contributed by atoms with E-state index >= 15 is 0 Å². The summed E-state index contributed by atoms with van der Waals surface area (Å²) in [6.45, 7) is -0.291. The highest BCUT2D eigenvalue weighted by Gasteiger charge is 2.12. The zero-order valence-corrected chi connectivity index (χ0v) is 9.84. The predicted molar refractivity (Wildman–Crippen MR) is 69.8 cm³/mol. The van der Waals surface area contributed by atoms with Crippen LogP contribution in [0.1, 0.15) is 5.56 Å². The summed E-state index contributed by atoms with van der Waals surface area (Å²) in [4.78, 5) is 0. The van der Waals surface area contributed by atoms with Crippen molar-refractivity contribution in [2.24, 2.45) is 0 Å². The normalized spacial score (nSPS) is 12.6. The first-order valence-corrected chi connectivity index (χ1v) is 5.62. The molecule has 0 amide bonds. The molecule has 96 valence electrons. The molecular formula is C13H16N2O3. The van der Waals surface area contributed by atoms with E-state index in [1.165, 1.54) is 0 Å². The number of hydrogen-bond acceptors (Lipinski definition) is 5. The topological polar surface area (TPSA) is 106 Å². The molecule has 0 saturated heterocycles. The Bertz CT molecular complexity index is 523. The maximum atomic E-state index is 9.45. The number of aliphatic hydroxyl groups is 2. The summed E-state index contributed by atoms with van der Waals surface area (Å²) in [7, 11) is 0. The number of nitrogen functional groups attached to an aromatic ring is 2. The van der Waals surface area contributed by atoms with E-state index in [1.54, 1.807) is 24.5 Å². The number of furan rings is 1. The molecule has 18 heavy (non-hydrogen) atoms. The lowest BCUT2D eigenvalue weighted by atomic mass is 10.0. The lowest BCUT2D eigenvalue weighted by Crippen LogP contribution is -2.15. The number of hydrogen-bond donors (Lipinski definition) is 4. The molecule has 0 aliphatic carbocycles. The van der Waals surface area contributed by atoms with E-state index in [0.717, 1.165) is 5.56 Å². The molecule has 2 rings (SSSR count). The zero-order chi connectivity index (χ0) is 13.1. The third-order valence-electron chi connectivity index (χ3n) is 2.74. The molecule has 1 atom stereocenters. The molecule has 5 heteroatoms. The third-order valence-corrected chi connectivity index (χ3v) is 2.74. The number of nitrogens with two attached hydrogens (primary N) is 2. The van der Waals surface area contributed by atoms with Crippen molar-refractivity contribution in [2.75, 3.05) is 18.1 Å². The first kappa shape index (κ1) is 12.5. The van der Waals surface area contributed by atoms with Crippen molar-refractivity contribution in [3.05, 3.63) is 36.1 Å². The minimum absolute atomic E-state index is 0.291. The van der Waals surface area contributed by atoms with E-state index in [9.17, 15) is 5.11 Å². The van der Waals surface area contributed by atoms with Crippen LogP contribution in [0.15, 0.2) is 34.9 Å². The number of anilines is 2. The van der Waals surface area contributed by atoms with Crippen LogP contribution in [0.4, 0.5) is 11.4 Å². The maximum Gasteiger partial charge on any atom is 0.136 e. The standard InChI is InChI=1S/C13H16N2O3/c14-11-6-8(4-9(17)7-16)5-10(13(11)15)12-2-1-3-18-12/h1-3,5-6,9,16-17H,4,7,14-15H2. The van der Waals surface area contributed by atoms with E-state index in [1.807, 2.05) is 6.07 Å². The fourth-order valence-electron chi connectivity index (χ4n) is 1.83. The highest BCUT2D eigenvalue weighted by Crippen LogP contribution is 2.32. The first-order chi connectivity index (χ1) is 8.61. The average molecular weight is 248 g/mol. The fraction of sp³-hybridized carbons (Fsp3) is 0.231. The summed E-state index contributed by atoms with van der Waals surface area (Å²) in [6, 6.07) is 7.06. The van der Waals surface area contributed by atoms with Crippen LogP contribution >= 0.6 is 0 Å². The van der Waals surface area contributed by atoms with Crippen LogP contribution in [-0.2, 0) is 6.42 Å². The Labute approximate surface area is 105 Å². The van der Waals surface area contributed by atoms with Crippen molar-refractivity contribution in [1.82, 2.24) is 0 Å². The second kappa shape index (κ2) is 5.12. The van der Waals surface area contributed by atoms with Crippen LogP contribution in [0.25, 0.3) is 11.3 Å². The first-order valence-electron chi connectivity index (χ1n) is 5.62. The molecule has 0 saturated carbocycles. The highest BCUT2D eigenvalue weighted by molar-refractivity contribution is 5.83. The van der Waals surface area contributed by atoms with Gasteiger partial charge in [-0.1, -0.05) is 0 Å². The Balaban J connectivity index is 2.40. The predicted octanol–water partition coefficient (Wildman–Crippen LogP) is 1.01. The molecular weight excluding hydrogens is 232 g/mol. The summed E-state index contributed by atoms with van der Waals surface area (Å²) < 4.78 is 5.29. The summed E-state index contributed by atoms with van der Waals surface area (Å²) in [5.74, 6) is 0.625. The van der Waals surface area contributed by atoms with Gasteiger partial charge in [-0.3, -0.25) is 0 Å². The van der Waals surface area contributed by atoms with Crippen LogP contribution in [0, 0.1) is 0 Å². The van der Waals surface area contributed by atoms with E-state index in [-0.39, 0.29) is 6.61 Å². The van der Waals surface area contributed by atoms with Gasteiger partial charge in [0.05, 0.1) is 30.3 Å². The van der Waals surface area contributed by atoms with Crippen molar-refractivity contribution in [1.29, 1.82) is 0 Å². The van der Waals surface area contributed by atoms with E-state index in [4.69, 9.17) is 21.0 Å². The van der Waals surface area contributed by atoms with Crippen molar-refractivity contribution < 1.29 is 14.6 Å². The second-order valence-electron chi connectivity index (χ2n) is 4.16. The Morgan fingerprint density at radius 1 is 1.28 bits per heavy atom. The van der Waals surface area contributed by atoms with Crippen LogP contribution in [-0.4, -0.2) is 22.9 Å². The fourth-order valence-corrected chi connectivity index (χ4v) is 1.83. The zero-order valence-electron chi connectivity index (χ0n) is 9.84. The van der Waals surface area contributed by atoms with Crippen molar-refractivity contribution in [2.45, 2.75) is 12.5 Å². The van der Waals surface area contributed by atoms with Crippen molar-refractivity contribution >= 4 is 11.4 Å². The Morgan fingerprint density at radius 3 is 2.67 bits per heavy atom. The van der Waals surface area contributed by atoms with Gasteiger partial charge in [0.25, 0.3) is 0 Å². The molecule has 1 aromatic heterocycles. The van der Waals surface area contributed by atoms with Crippen LogP contribution in [0.5, 0.6) is 0 Å². The second-order valence-corrected chi connectivity index (χ2v) is 4.16. The molecule has 1 unspecified atom stereocenters. The molecule has 2 aromatic rings. The number of rotatable bonds is 4. The monoisotopic (exact) mass is 248 g/mol. The molecule has 0 fully saturated rings. The Morgan fingerprint density at radius 2 is 2.06 bits per heavy atom. The molecule has 1 heterocycles. The summed E-state index contributed by atoms with van der Waals surface area (Å²) in [5, 5.41) is 18.3. The largest absolute Gasteiger partial charge is 0.464 e. The molecule has 0 radical (unpaired) electrons. The maximum absolute atomic E-state index is 9.45. The molecule has 0 aliphatic heterocycles. The van der Waals surface area contributed by atoms with Crippen LogP contribution in [0.3, 0.4) is 0 Å². The van der Waals surface area contributed by atoms with Gasteiger partial charge in [-0.05, 0) is 29.8 Å². The molecule has 6 N–H and O–H groups in total. The number of benzene rings is 1. The molecule has 0 spiro atoms. The third kappa shape index (κ3) is 2.47. The van der Waals surface area contributed by atoms with Gasteiger partial charge in [0.15, 0.2) is 0 Å². The summed E-state index contributed by atoms with van der Waals surface area (Å²) >= 11 is 0. The van der Waals surface area contributed by atoms with Gasteiger partial charge in [-0.2, -0.15) is 0 Å². The smallest absolute Gasteiger partial charge is 0.136 e. The van der Waals surface area contributed by atoms with Crippen molar-refractivity contribution in [3.63, 3.8) is 0 Å². The highest BCUT2D eigenvalue weighted by atomic mass is 16.3. The molecule has 0 aliphatic rings. The van der Waals surface area contributed by atoms with Gasteiger partial charge in [-0.15, -0.1) is 0 Å². The molecule has 5 nitrogen and oxygen atoms in total. The van der Waals surface area contributed by atoms with Gasteiger partial charge >= 0.3 is 0 Å². The lowest BCUT2D eigenvalue weighted by molar-refractivity contribution is 0.0955. The van der Waals surface area contributed by atoms with Crippen molar-refractivity contribution in [3.8, 4) is 11.3 Å². The van der Waals surface area contributed by atoms with Gasteiger partial charge in [-0.25, -0.2) is 0 Å². The summed E-state index contributed by atoms with van der Waals surface area (Å²) in [6.07, 6.45) is 1.06. The Hall–Kier alpha value is -1.98. The number of aliphatic hydroxyl groups excluding tert-OH is 2. The van der Waals surface area contributed by atoms with E-state index in [0.29, 0.717) is 29.1 Å². The van der Waals surface area contributed by atoms with E-state index in [2.05, 4.69) is 0 Å². The minimum Gasteiger partial charge on any atom is -0.464 e. The molecule has 1 aromatic carbocycles. The van der Waals surface area contributed by atoms with Crippen LogP contribution in [0.2, 0.25) is 0 Å². The Kier molecular flexibility index (Phi) is 3.55. The van der Waals surface area contributed by atoms with Crippen LogP contribution < -0.4 is 11.5 Å². The van der Waals surface area contributed by atoms with Gasteiger partial charge in [0.1, 0.15) is 5.76 Å². The molecule has 0 bridgehead atoms. The minimum atomic E-state index is -0.808. The SMILES string of the molecule is Nc1cc(CC(O)CO)cc(-c2ccco2)c1N. The van der Waals surface area contributed by atoms with Gasteiger partial charge < -0.3 is 26.1 Å². The summed E-state index contributed by atoms with van der Waals surface area (Å²) in [5.41, 5.74) is 14.1. The van der Waals surface area contributed by atoms with Gasteiger partial charge in [0.2, 0.25) is 0 Å². The quantitative estimate of drug-likeness (QED) is 0.604.